The number of benzene rings is 1. The minimum atomic E-state index is -1.09. The fraction of sp³-hybridized carbons (Fsp3) is 0.421. The molecular formula is C19H23FN4O6. The number of unbranched alkanes of at least 4 members (excludes halogenated alkanes) is 1. The van der Waals surface area contributed by atoms with Crippen LogP contribution in [0.15, 0.2) is 24.3 Å². The number of ether oxygens (including phenoxy) is 1. The highest BCUT2D eigenvalue weighted by Gasteiger charge is 2.47. The lowest BCUT2D eigenvalue weighted by Crippen LogP contribution is -2.44. The lowest BCUT2D eigenvalue weighted by atomic mass is 9.95. The minimum Gasteiger partial charge on any atom is -0.454 e. The molecule has 0 radical (unpaired) electrons. The van der Waals surface area contributed by atoms with Gasteiger partial charge in [0, 0.05) is 0 Å². The Morgan fingerprint density at radius 1 is 1.23 bits per heavy atom. The molecule has 1 aromatic rings. The third-order valence-corrected chi connectivity index (χ3v) is 4.40. The van der Waals surface area contributed by atoms with Crippen LogP contribution in [-0.4, -0.2) is 53.4 Å². The molecular weight excluding hydrogens is 399 g/mol. The Morgan fingerprint density at radius 2 is 1.93 bits per heavy atom. The molecule has 0 aliphatic carbocycles. The number of amides is 6. The van der Waals surface area contributed by atoms with E-state index >= 15 is 0 Å². The molecule has 0 spiro atoms. The van der Waals surface area contributed by atoms with E-state index in [-0.39, 0.29) is 5.69 Å². The number of nitrogens with zero attached hydrogens (tertiary/aromatic N) is 1. The molecule has 0 saturated carbocycles. The van der Waals surface area contributed by atoms with Gasteiger partial charge < -0.3 is 15.4 Å². The molecule has 1 aromatic carbocycles. The van der Waals surface area contributed by atoms with Gasteiger partial charge in [-0.2, -0.15) is 0 Å². The predicted octanol–water partition coefficient (Wildman–Crippen LogP) is 1.52. The van der Waals surface area contributed by atoms with E-state index in [9.17, 15) is 28.4 Å². The SMILES string of the molecule is CCCC[C@@]1(C)NC(=O)N(CC(=O)OCC(=O)NC(=O)Nc2ccccc2F)C1=O. The van der Waals surface area contributed by atoms with E-state index in [2.05, 4.69) is 10.6 Å². The van der Waals surface area contributed by atoms with Crippen LogP contribution in [-0.2, 0) is 19.1 Å². The first kappa shape index (κ1) is 22.8. The number of nitrogens with one attached hydrogen (secondary N) is 3. The summed E-state index contributed by atoms with van der Waals surface area (Å²) in [5.41, 5.74) is -1.22. The number of esters is 1. The van der Waals surface area contributed by atoms with Gasteiger partial charge in [-0.05, 0) is 25.5 Å². The number of hydrogen-bond acceptors (Lipinski definition) is 6. The quantitative estimate of drug-likeness (QED) is 0.430. The van der Waals surface area contributed by atoms with Crippen molar-refractivity contribution >= 4 is 35.5 Å². The van der Waals surface area contributed by atoms with E-state index in [4.69, 9.17) is 4.74 Å². The number of rotatable bonds is 8. The molecule has 1 fully saturated rings. The van der Waals surface area contributed by atoms with E-state index < -0.39 is 54.4 Å². The Bertz CT molecular complexity index is 861. The number of hydrogen-bond donors (Lipinski definition) is 3. The molecule has 30 heavy (non-hydrogen) atoms. The van der Waals surface area contributed by atoms with Gasteiger partial charge in [-0.25, -0.2) is 14.0 Å². The zero-order chi connectivity index (χ0) is 22.3. The van der Waals surface area contributed by atoms with E-state index in [1.54, 1.807) is 6.92 Å². The average molecular weight is 422 g/mol. The van der Waals surface area contributed by atoms with Gasteiger partial charge in [0.05, 0.1) is 5.69 Å². The first-order valence-corrected chi connectivity index (χ1v) is 9.31. The predicted molar refractivity (Wildman–Crippen MR) is 103 cm³/mol. The Morgan fingerprint density at radius 3 is 2.60 bits per heavy atom. The highest BCUT2D eigenvalue weighted by Crippen LogP contribution is 2.23. The second-order valence-corrected chi connectivity index (χ2v) is 6.90. The maximum atomic E-state index is 13.5. The maximum Gasteiger partial charge on any atom is 0.326 e. The van der Waals surface area contributed by atoms with Gasteiger partial charge in [-0.1, -0.05) is 31.9 Å². The molecule has 0 bridgehead atoms. The Balaban J connectivity index is 1.79. The molecule has 2 rings (SSSR count). The van der Waals surface area contributed by atoms with Gasteiger partial charge in [0.1, 0.15) is 17.9 Å². The number of para-hydroxylation sites is 1. The van der Waals surface area contributed by atoms with Crippen LogP contribution in [0, 0.1) is 5.82 Å². The summed E-state index contributed by atoms with van der Waals surface area (Å²) in [5, 5.41) is 6.55. The van der Waals surface area contributed by atoms with E-state index in [1.807, 2.05) is 12.2 Å². The Kier molecular flexibility index (Phi) is 7.45. The minimum absolute atomic E-state index is 0.135. The molecule has 3 N–H and O–H groups in total. The van der Waals surface area contributed by atoms with Gasteiger partial charge in [0.25, 0.3) is 11.8 Å². The third kappa shape index (κ3) is 5.75. The van der Waals surface area contributed by atoms with Crippen LogP contribution in [0.4, 0.5) is 19.7 Å². The summed E-state index contributed by atoms with van der Waals surface area (Å²) < 4.78 is 18.2. The summed E-state index contributed by atoms with van der Waals surface area (Å²) in [6.07, 6.45) is 1.98. The third-order valence-electron chi connectivity index (χ3n) is 4.40. The van der Waals surface area contributed by atoms with Crippen LogP contribution in [0.25, 0.3) is 0 Å². The van der Waals surface area contributed by atoms with Crippen molar-refractivity contribution in [2.24, 2.45) is 0 Å². The molecule has 6 amide bonds. The van der Waals surface area contributed by atoms with Crippen LogP contribution in [0.1, 0.15) is 33.1 Å². The van der Waals surface area contributed by atoms with Crippen molar-refractivity contribution in [2.75, 3.05) is 18.5 Å². The van der Waals surface area contributed by atoms with Crippen molar-refractivity contribution in [2.45, 2.75) is 38.6 Å². The average Bonchev–Trinajstić information content (AvgIpc) is 2.90. The van der Waals surface area contributed by atoms with Gasteiger partial charge >= 0.3 is 18.0 Å². The van der Waals surface area contributed by atoms with E-state index in [0.717, 1.165) is 23.8 Å². The van der Waals surface area contributed by atoms with Gasteiger partial charge in [-0.3, -0.25) is 24.6 Å². The number of halogens is 1. The van der Waals surface area contributed by atoms with E-state index in [1.165, 1.54) is 18.2 Å². The van der Waals surface area contributed by atoms with Crippen molar-refractivity contribution < 1.29 is 33.1 Å². The second kappa shape index (κ2) is 9.81. The highest BCUT2D eigenvalue weighted by atomic mass is 19.1. The van der Waals surface area contributed by atoms with Crippen molar-refractivity contribution in [1.82, 2.24) is 15.5 Å². The molecule has 1 atom stereocenters. The molecule has 10 nitrogen and oxygen atoms in total. The summed E-state index contributed by atoms with van der Waals surface area (Å²) in [6.45, 7) is 2.04. The maximum absolute atomic E-state index is 13.5. The Labute approximate surface area is 172 Å². The summed E-state index contributed by atoms with van der Waals surface area (Å²) in [5.74, 6) is -3.21. The topological polar surface area (TPSA) is 134 Å². The normalized spacial score (nSPS) is 18.0. The molecule has 1 aliphatic rings. The van der Waals surface area contributed by atoms with Gasteiger partial charge in [0.15, 0.2) is 6.61 Å². The van der Waals surface area contributed by atoms with Crippen LogP contribution in [0.5, 0.6) is 0 Å². The van der Waals surface area contributed by atoms with Crippen LogP contribution in [0.2, 0.25) is 0 Å². The van der Waals surface area contributed by atoms with Crippen molar-refractivity contribution in [1.29, 1.82) is 0 Å². The van der Waals surface area contributed by atoms with E-state index in [0.29, 0.717) is 6.42 Å². The lowest BCUT2D eigenvalue weighted by Gasteiger charge is -2.21. The molecule has 1 saturated heterocycles. The fourth-order valence-corrected chi connectivity index (χ4v) is 2.79. The van der Waals surface area contributed by atoms with Crippen LogP contribution >= 0.6 is 0 Å². The molecule has 0 aromatic heterocycles. The first-order chi connectivity index (χ1) is 14.2. The summed E-state index contributed by atoms with van der Waals surface area (Å²) >= 11 is 0. The summed E-state index contributed by atoms with van der Waals surface area (Å²) in [7, 11) is 0. The number of carbonyl (C=O) groups excluding carboxylic acids is 5. The van der Waals surface area contributed by atoms with Crippen molar-refractivity contribution in [3.8, 4) is 0 Å². The fourth-order valence-electron chi connectivity index (χ4n) is 2.79. The zero-order valence-corrected chi connectivity index (χ0v) is 16.6. The molecule has 0 unspecified atom stereocenters. The smallest absolute Gasteiger partial charge is 0.326 e. The molecule has 1 heterocycles. The first-order valence-electron chi connectivity index (χ1n) is 9.31. The van der Waals surface area contributed by atoms with Crippen LogP contribution < -0.4 is 16.0 Å². The number of urea groups is 2. The number of imide groups is 2. The number of carbonyl (C=O) groups is 5. The standard InChI is InChI=1S/C19H23FN4O6/c1-3-4-9-19(2)16(27)24(18(29)23-19)10-15(26)30-11-14(25)22-17(28)21-13-8-6-5-7-12(13)20/h5-8H,3-4,9-11H2,1-2H3,(H,23,29)(H2,21,22,25,28)/t19-/m1/s1. The Hall–Kier alpha value is -3.50. The monoisotopic (exact) mass is 422 g/mol. The lowest BCUT2D eigenvalue weighted by molar-refractivity contribution is -0.150. The molecule has 1 aliphatic heterocycles. The van der Waals surface area contributed by atoms with Crippen molar-refractivity contribution in [3.05, 3.63) is 30.1 Å². The largest absolute Gasteiger partial charge is 0.454 e. The zero-order valence-electron chi connectivity index (χ0n) is 16.6. The van der Waals surface area contributed by atoms with Gasteiger partial charge in [-0.15, -0.1) is 0 Å². The summed E-state index contributed by atoms with van der Waals surface area (Å²) in [4.78, 5) is 60.5. The second-order valence-electron chi connectivity index (χ2n) is 6.90. The molecule has 162 valence electrons. The van der Waals surface area contributed by atoms with Gasteiger partial charge in [0.2, 0.25) is 0 Å². The van der Waals surface area contributed by atoms with Crippen molar-refractivity contribution in [3.63, 3.8) is 0 Å². The molecule has 11 heteroatoms. The highest BCUT2D eigenvalue weighted by molar-refractivity contribution is 6.08. The number of anilines is 1. The summed E-state index contributed by atoms with van der Waals surface area (Å²) in [6, 6.07) is 3.62. The van der Waals surface area contributed by atoms with Crippen LogP contribution in [0.3, 0.4) is 0 Å².